The number of anilines is 2. The molecule has 1 aromatic heterocycles. The molecule has 0 aliphatic rings. The first-order valence-electron chi connectivity index (χ1n) is 5.45. The second-order valence-electron chi connectivity index (χ2n) is 3.60. The molecule has 0 spiro atoms. The highest BCUT2D eigenvalue weighted by molar-refractivity contribution is 6.43. The van der Waals surface area contributed by atoms with Crippen LogP contribution in [0.5, 0.6) is 0 Å². The van der Waals surface area contributed by atoms with E-state index in [-0.39, 0.29) is 11.5 Å². The number of nitrogens with zero attached hydrogens (tertiary/aromatic N) is 1. The summed E-state index contributed by atoms with van der Waals surface area (Å²) >= 11 is 0. The largest absolute Gasteiger partial charge is 0.315 e. The van der Waals surface area contributed by atoms with Gasteiger partial charge in [0.15, 0.2) is 0 Å². The van der Waals surface area contributed by atoms with Crippen LogP contribution in [0.15, 0.2) is 48.7 Å². The van der Waals surface area contributed by atoms with Crippen molar-refractivity contribution in [1.29, 1.82) is 0 Å². The summed E-state index contributed by atoms with van der Waals surface area (Å²) in [7, 11) is 0. The Kier molecular flexibility index (Phi) is 3.82. The number of benzene rings is 1. The summed E-state index contributed by atoms with van der Waals surface area (Å²) in [5.41, 5.74) is -0.0522. The van der Waals surface area contributed by atoms with E-state index >= 15 is 0 Å². The Bertz CT molecular complexity index is 602. The standard InChI is InChI=1S/C13H10FN3O2/c14-9-5-1-2-6-10(9)16-12(18)13(19)17-11-7-3-4-8-15-11/h1-8H,(H,16,18)(H,15,17,19). The lowest BCUT2D eigenvalue weighted by molar-refractivity contribution is -0.133. The number of halogens is 1. The molecule has 2 aromatic rings. The number of pyridine rings is 1. The molecule has 0 unspecified atom stereocenters. The fourth-order valence-corrected chi connectivity index (χ4v) is 1.35. The molecule has 0 atom stereocenters. The topological polar surface area (TPSA) is 71.1 Å². The zero-order valence-corrected chi connectivity index (χ0v) is 9.76. The average Bonchev–Trinajstić information content (AvgIpc) is 2.42. The molecule has 0 saturated heterocycles. The predicted octanol–water partition coefficient (Wildman–Crippen LogP) is 1.80. The molecule has 1 heterocycles. The fourth-order valence-electron chi connectivity index (χ4n) is 1.35. The van der Waals surface area contributed by atoms with Crippen LogP contribution in [0.4, 0.5) is 15.9 Å². The molecular formula is C13H10FN3O2. The van der Waals surface area contributed by atoms with Crippen LogP contribution in [0.2, 0.25) is 0 Å². The number of aromatic nitrogens is 1. The zero-order chi connectivity index (χ0) is 13.7. The van der Waals surface area contributed by atoms with Gasteiger partial charge < -0.3 is 10.6 Å². The predicted molar refractivity (Wildman–Crippen MR) is 67.9 cm³/mol. The van der Waals surface area contributed by atoms with Crippen LogP contribution in [0, 0.1) is 5.82 Å². The van der Waals surface area contributed by atoms with Gasteiger partial charge in [-0.05, 0) is 24.3 Å². The molecule has 96 valence electrons. The average molecular weight is 259 g/mol. The van der Waals surface area contributed by atoms with E-state index in [4.69, 9.17) is 0 Å². The summed E-state index contributed by atoms with van der Waals surface area (Å²) in [5, 5.41) is 4.47. The van der Waals surface area contributed by atoms with Crippen molar-refractivity contribution in [3.63, 3.8) is 0 Å². The summed E-state index contributed by atoms with van der Waals surface area (Å²) in [6.07, 6.45) is 1.48. The van der Waals surface area contributed by atoms with Crippen LogP contribution in [0.25, 0.3) is 0 Å². The van der Waals surface area contributed by atoms with Crippen molar-refractivity contribution in [1.82, 2.24) is 4.98 Å². The molecule has 2 amide bonds. The van der Waals surface area contributed by atoms with Crippen LogP contribution in [0.3, 0.4) is 0 Å². The van der Waals surface area contributed by atoms with Gasteiger partial charge in [0.05, 0.1) is 5.69 Å². The van der Waals surface area contributed by atoms with E-state index in [0.29, 0.717) is 0 Å². The maximum absolute atomic E-state index is 13.3. The highest BCUT2D eigenvalue weighted by Gasteiger charge is 2.15. The fraction of sp³-hybridized carbons (Fsp3) is 0. The van der Waals surface area contributed by atoms with E-state index in [9.17, 15) is 14.0 Å². The zero-order valence-electron chi connectivity index (χ0n) is 9.76. The van der Waals surface area contributed by atoms with Crippen molar-refractivity contribution in [3.05, 3.63) is 54.5 Å². The Morgan fingerprint density at radius 2 is 1.63 bits per heavy atom. The first-order valence-corrected chi connectivity index (χ1v) is 5.45. The second-order valence-corrected chi connectivity index (χ2v) is 3.60. The van der Waals surface area contributed by atoms with E-state index in [2.05, 4.69) is 15.6 Å². The van der Waals surface area contributed by atoms with E-state index in [1.54, 1.807) is 18.2 Å². The van der Waals surface area contributed by atoms with Crippen molar-refractivity contribution < 1.29 is 14.0 Å². The summed E-state index contributed by atoms with van der Waals surface area (Å²) in [6, 6.07) is 10.5. The lowest BCUT2D eigenvalue weighted by atomic mass is 10.3. The lowest BCUT2D eigenvalue weighted by Crippen LogP contribution is -2.29. The normalized spacial score (nSPS) is 9.74. The van der Waals surface area contributed by atoms with Gasteiger partial charge in [0.25, 0.3) is 0 Å². The SMILES string of the molecule is O=C(Nc1ccccn1)C(=O)Nc1ccccc1F. The smallest absolute Gasteiger partial charge is 0.315 e. The number of carbonyl (C=O) groups excluding carboxylic acids is 2. The summed E-state index contributed by atoms with van der Waals surface area (Å²) in [5.74, 6) is -2.24. The Balaban J connectivity index is 2.01. The molecule has 19 heavy (non-hydrogen) atoms. The van der Waals surface area contributed by atoms with Gasteiger partial charge in [0.1, 0.15) is 11.6 Å². The number of hydrogen-bond donors (Lipinski definition) is 2. The minimum absolute atomic E-state index is 0.0522. The maximum Gasteiger partial charge on any atom is 0.315 e. The second kappa shape index (κ2) is 5.72. The molecule has 0 aliphatic heterocycles. The van der Waals surface area contributed by atoms with Crippen LogP contribution < -0.4 is 10.6 Å². The van der Waals surface area contributed by atoms with Gasteiger partial charge in [0.2, 0.25) is 0 Å². The third kappa shape index (κ3) is 3.35. The Labute approximate surface area is 108 Å². The molecule has 2 N–H and O–H groups in total. The van der Waals surface area contributed by atoms with Crippen molar-refractivity contribution >= 4 is 23.3 Å². The number of nitrogens with one attached hydrogen (secondary N) is 2. The lowest BCUT2D eigenvalue weighted by Gasteiger charge is -2.06. The molecule has 6 heteroatoms. The molecule has 5 nitrogen and oxygen atoms in total. The third-order valence-electron chi connectivity index (χ3n) is 2.23. The number of para-hydroxylation sites is 1. The minimum atomic E-state index is -0.962. The molecule has 1 aromatic carbocycles. The van der Waals surface area contributed by atoms with Crippen LogP contribution in [-0.2, 0) is 9.59 Å². The summed E-state index contributed by atoms with van der Waals surface area (Å²) < 4.78 is 13.3. The van der Waals surface area contributed by atoms with E-state index in [1.165, 1.54) is 30.5 Å². The van der Waals surface area contributed by atoms with Gasteiger partial charge in [-0.25, -0.2) is 9.37 Å². The first kappa shape index (κ1) is 12.7. The van der Waals surface area contributed by atoms with E-state index in [0.717, 1.165) is 0 Å². The highest BCUT2D eigenvalue weighted by atomic mass is 19.1. The highest BCUT2D eigenvalue weighted by Crippen LogP contribution is 2.12. The molecule has 0 bridgehead atoms. The molecule has 0 fully saturated rings. The Morgan fingerprint density at radius 1 is 0.947 bits per heavy atom. The maximum atomic E-state index is 13.3. The third-order valence-corrected chi connectivity index (χ3v) is 2.23. The number of amides is 2. The van der Waals surface area contributed by atoms with Gasteiger partial charge in [-0.1, -0.05) is 18.2 Å². The van der Waals surface area contributed by atoms with Gasteiger partial charge in [-0.2, -0.15) is 0 Å². The van der Waals surface area contributed by atoms with Crippen molar-refractivity contribution in [2.45, 2.75) is 0 Å². The molecular weight excluding hydrogens is 249 g/mol. The molecule has 2 rings (SSSR count). The van der Waals surface area contributed by atoms with Crippen LogP contribution in [-0.4, -0.2) is 16.8 Å². The number of carbonyl (C=O) groups is 2. The minimum Gasteiger partial charge on any atom is -0.315 e. The Hall–Kier alpha value is -2.76. The number of hydrogen-bond acceptors (Lipinski definition) is 3. The summed E-state index contributed by atoms with van der Waals surface area (Å²) in [6.45, 7) is 0. The Morgan fingerprint density at radius 3 is 2.32 bits per heavy atom. The molecule has 0 saturated carbocycles. The van der Waals surface area contributed by atoms with Crippen LogP contribution >= 0.6 is 0 Å². The van der Waals surface area contributed by atoms with E-state index in [1.807, 2.05) is 0 Å². The van der Waals surface area contributed by atoms with Gasteiger partial charge in [0, 0.05) is 6.20 Å². The van der Waals surface area contributed by atoms with Crippen molar-refractivity contribution in [2.24, 2.45) is 0 Å². The molecule has 0 radical (unpaired) electrons. The summed E-state index contributed by atoms with van der Waals surface area (Å²) in [4.78, 5) is 26.9. The van der Waals surface area contributed by atoms with Gasteiger partial charge in [-0.15, -0.1) is 0 Å². The van der Waals surface area contributed by atoms with Gasteiger partial charge in [-0.3, -0.25) is 9.59 Å². The van der Waals surface area contributed by atoms with Crippen LogP contribution in [0.1, 0.15) is 0 Å². The number of rotatable bonds is 2. The van der Waals surface area contributed by atoms with Crippen molar-refractivity contribution in [2.75, 3.05) is 10.6 Å². The van der Waals surface area contributed by atoms with Crippen molar-refractivity contribution in [3.8, 4) is 0 Å². The monoisotopic (exact) mass is 259 g/mol. The quantitative estimate of drug-likeness (QED) is 0.808. The van der Waals surface area contributed by atoms with E-state index < -0.39 is 17.6 Å². The first-order chi connectivity index (χ1) is 9.16. The van der Waals surface area contributed by atoms with Gasteiger partial charge >= 0.3 is 11.8 Å². The molecule has 0 aliphatic carbocycles.